The van der Waals surface area contributed by atoms with Crippen molar-refractivity contribution in [3.05, 3.63) is 83.3 Å². The number of carbonyl (C=O) groups is 1. The fourth-order valence-electron chi connectivity index (χ4n) is 4.51. The molecule has 0 spiro atoms. The van der Waals surface area contributed by atoms with Gasteiger partial charge in [0.1, 0.15) is 11.8 Å². The van der Waals surface area contributed by atoms with Crippen LogP contribution in [0, 0.1) is 0 Å². The van der Waals surface area contributed by atoms with Gasteiger partial charge in [0.05, 0.1) is 36.2 Å². The second-order valence-electron chi connectivity index (χ2n) is 8.76. The van der Waals surface area contributed by atoms with E-state index in [9.17, 15) is 4.79 Å². The topological polar surface area (TPSA) is 93.3 Å². The summed E-state index contributed by atoms with van der Waals surface area (Å²) in [6.45, 7) is 2.26. The number of fused-ring (bicyclic) bond motifs is 1. The van der Waals surface area contributed by atoms with Gasteiger partial charge in [-0.2, -0.15) is 5.10 Å². The number of amides is 1. The average molecular weight is 518 g/mol. The summed E-state index contributed by atoms with van der Waals surface area (Å²) < 4.78 is 17.2. The number of hydrogen-bond acceptors (Lipinski definition) is 8. The Hall–Kier alpha value is -3.95. The standard InChI is InChI=1S/C27H24ClN5O4/c28-19-9-7-18(8-10-19)22-16-23(24-6-3-13-36-24)33(31-22)25(34)17-37-27-26(32-11-14-35-15-12-32)29-20-4-1-2-5-21(20)30-27/h1-10,13,23H,11-12,14-17H2/t23-/m1/s1. The number of morpholine rings is 1. The van der Waals surface area contributed by atoms with Gasteiger partial charge in [0, 0.05) is 24.5 Å². The van der Waals surface area contributed by atoms with E-state index in [4.69, 9.17) is 30.5 Å². The zero-order chi connectivity index (χ0) is 25.2. The molecular weight excluding hydrogens is 494 g/mol. The molecule has 1 atom stereocenters. The smallest absolute Gasteiger partial charge is 0.281 e. The molecule has 2 aliphatic heterocycles. The van der Waals surface area contributed by atoms with E-state index in [0.717, 1.165) is 16.8 Å². The fraction of sp³-hybridized carbons (Fsp3) is 0.259. The van der Waals surface area contributed by atoms with E-state index in [1.165, 1.54) is 5.01 Å². The van der Waals surface area contributed by atoms with E-state index in [2.05, 4.69) is 15.0 Å². The molecule has 0 N–H and O–H groups in total. The van der Waals surface area contributed by atoms with Gasteiger partial charge in [-0.15, -0.1) is 0 Å². The Kier molecular flexibility index (Phi) is 6.46. The van der Waals surface area contributed by atoms with Crippen LogP contribution < -0.4 is 9.64 Å². The van der Waals surface area contributed by atoms with Crippen LogP contribution in [0.15, 0.2) is 76.4 Å². The summed E-state index contributed by atoms with van der Waals surface area (Å²) in [5.74, 6) is 1.25. The zero-order valence-electron chi connectivity index (χ0n) is 19.9. The number of aromatic nitrogens is 2. The Morgan fingerprint density at radius 1 is 1.00 bits per heavy atom. The molecule has 1 amide bonds. The largest absolute Gasteiger partial charge is 0.467 e. The third-order valence-electron chi connectivity index (χ3n) is 6.38. The maximum absolute atomic E-state index is 13.5. The van der Waals surface area contributed by atoms with E-state index in [0.29, 0.717) is 60.7 Å². The molecule has 10 heteroatoms. The van der Waals surface area contributed by atoms with E-state index in [1.54, 1.807) is 24.5 Å². The first-order valence-electron chi connectivity index (χ1n) is 12.1. The number of halogens is 1. The predicted octanol–water partition coefficient (Wildman–Crippen LogP) is 4.47. The quantitative estimate of drug-likeness (QED) is 0.372. The molecule has 1 saturated heterocycles. The molecule has 0 saturated carbocycles. The molecule has 9 nitrogen and oxygen atoms in total. The lowest BCUT2D eigenvalue weighted by molar-refractivity contribution is -0.135. The van der Waals surface area contributed by atoms with Gasteiger partial charge in [-0.1, -0.05) is 35.9 Å². The van der Waals surface area contributed by atoms with Gasteiger partial charge in [0.15, 0.2) is 12.4 Å². The van der Waals surface area contributed by atoms with Crippen LogP contribution in [-0.2, 0) is 9.53 Å². The highest BCUT2D eigenvalue weighted by Gasteiger charge is 2.35. The molecule has 4 aromatic rings. The van der Waals surface area contributed by atoms with Crippen LogP contribution in [0.3, 0.4) is 0 Å². The highest BCUT2D eigenvalue weighted by atomic mass is 35.5. The average Bonchev–Trinajstić information content (AvgIpc) is 3.63. The molecule has 2 aromatic heterocycles. The summed E-state index contributed by atoms with van der Waals surface area (Å²) in [4.78, 5) is 25.0. The van der Waals surface area contributed by atoms with E-state index < -0.39 is 0 Å². The summed E-state index contributed by atoms with van der Waals surface area (Å²) in [6.07, 6.45) is 2.10. The summed E-state index contributed by atoms with van der Waals surface area (Å²) >= 11 is 6.05. The third kappa shape index (κ3) is 4.87. The lowest BCUT2D eigenvalue weighted by atomic mass is 10.0. The van der Waals surface area contributed by atoms with Crippen molar-refractivity contribution in [1.29, 1.82) is 0 Å². The van der Waals surface area contributed by atoms with Crippen LogP contribution in [0.25, 0.3) is 11.0 Å². The summed E-state index contributed by atoms with van der Waals surface area (Å²) in [5.41, 5.74) is 3.12. The number of hydrogen-bond donors (Lipinski definition) is 0. The van der Waals surface area contributed by atoms with Crippen LogP contribution in [0.1, 0.15) is 23.8 Å². The van der Waals surface area contributed by atoms with Crippen molar-refractivity contribution in [2.45, 2.75) is 12.5 Å². The third-order valence-corrected chi connectivity index (χ3v) is 6.63. The molecular formula is C27H24ClN5O4. The molecule has 2 aliphatic rings. The fourth-order valence-corrected chi connectivity index (χ4v) is 4.63. The second kappa shape index (κ2) is 10.2. The second-order valence-corrected chi connectivity index (χ2v) is 9.19. The predicted molar refractivity (Wildman–Crippen MR) is 139 cm³/mol. The highest BCUT2D eigenvalue weighted by molar-refractivity contribution is 6.30. The van der Waals surface area contributed by atoms with Crippen LogP contribution in [0.2, 0.25) is 5.02 Å². The summed E-state index contributed by atoms with van der Waals surface area (Å²) in [5, 5.41) is 6.73. The lowest BCUT2D eigenvalue weighted by Gasteiger charge is -2.29. The van der Waals surface area contributed by atoms with Gasteiger partial charge < -0.3 is 18.8 Å². The number of hydrazone groups is 1. The van der Waals surface area contributed by atoms with E-state index >= 15 is 0 Å². The van der Waals surface area contributed by atoms with Crippen molar-refractivity contribution in [2.24, 2.45) is 5.10 Å². The maximum atomic E-state index is 13.5. The zero-order valence-corrected chi connectivity index (χ0v) is 20.7. The highest BCUT2D eigenvalue weighted by Crippen LogP contribution is 2.34. The van der Waals surface area contributed by atoms with E-state index in [1.807, 2.05) is 42.5 Å². The molecule has 0 unspecified atom stereocenters. The molecule has 1 fully saturated rings. The SMILES string of the molecule is O=C(COc1nc2ccccc2nc1N1CCOCC1)N1N=C(c2ccc(Cl)cc2)C[C@@H]1c1ccco1. The van der Waals surface area contributed by atoms with Gasteiger partial charge in [-0.25, -0.2) is 15.0 Å². The normalized spacial score (nSPS) is 17.8. The van der Waals surface area contributed by atoms with Crippen molar-refractivity contribution in [3.63, 3.8) is 0 Å². The molecule has 37 heavy (non-hydrogen) atoms. The van der Waals surface area contributed by atoms with Crippen molar-refractivity contribution in [2.75, 3.05) is 37.8 Å². The number of benzene rings is 2. The van der Waals surface area contributed by atoms with Crippen LogP contribution in [0.4, 0.5) is 5.82 Å². The Morgan fingerprint density at radius 2 is 1.76 bits per heavy atom. The Bertz CT molecular complexity index is 1440. The van der Waals surface area contributed by atoms with Crippen molar-refractivity contribution in [3.8, 4) is 5.88 Å². The molecule has 4 heterocycles. The molecule has 0 bridgehead atoms. The summed E-state index contributed by atoms with van der Waals surface area (Å²) in [7, 11) is 0. The number of para-hydroxylation sites is 2. The first kappa shape index (κ1) is 23.4. The lowest BCUT2D eigenvalue weighted by Crippen LogP contribution is -2.37. The molecule has 188 valence electrons. The Labute approximate surface area is 218 Å². The van der Waals surface area contributed by atoms with Gasteiger partial charge in [0.2, 0.25) is 0 Å². The maximum Gasteiger partial charge on any atom is 0.281 e. The molecule has 0 radical (unpaired) electrons. The Morgan fingerprint density at radius 3 is 2.49 bits per heavy atom. The van der Waals surface area contributed by atoms with Crippen LogP contribution >= 0.6 is 11.6 Å². The number of carbonyl (C=O) groups excluding carboxylic acids is 1. The first-order valence-corrected chi connectivity index (χ1v) is 12.4. The number of nitrogens with zero attached hydrogens (tertiary/aromatic N) is 5. The van der Waals surface area contributed by atoms with Crippen LogP contribution in [-0.4, -0.2) is 59.5 Å². The molecule has 6 rings (SSSR count). The van der Waals surface area contributed by atoms with Crippen molar-refractivity contribution in [1.82, 2.24) is 15.0 Å². The number of anilines is 1. The number of rotatable bonds is 6. The van der Waals surface area contributed by atoms with Crippen molar-refractivity contribution >= 4 is 40.1 Å². The minimum atomic E-state index is -0.377. The molecule has 0 aliphatic carbocycles. The van der Waals surface area contributed by atoms with Crippen LogP contribution in [0.5, 0.6) is 5.88 Å². The monoisotopic (exact) mass is 517 g/mol. The minimum Gasteiger partial charge on any atom is -0.467 e. The minimum absolute atomic E-state index is 0.251. The van der Waals surface area contributed by atoms with E-state index in [-0.39, 0.29) is 18.6 Å². The van der Waals surface area contributed by atoms with Crippen molar-refractivity contribution < 1.29 is 18.7 Å². The van der Waals surface area contributed by atoms with Gasteiger partial charge in [0.25, 0.3) is 11.8 Å². The van der Waals surface area contributed by atoms with Gasteiger partial charge in [-0.3, -0.25) is 4.79 Å². The number of ether oxygens (including phenoxy) is 2. The summed E-state index contributed by atoms with van der Waals surface area (Å²) in [6, 6.07) is 18.3. The molecule has 2 aromatic carbocycles. The Balaban J connectivity index is 1.27. The van der Waals surface area contributed by atoms with Gasteiger partial charge >= 0.3 is 0 Å². The number of furan rings is 1. The van der Waals surface area contributed by atoms with Gasteiger partial charge in [-0.05, 0) is 42.0 Å². The first-order chi connectivity index (χ1) is 18.2.